The van der Waals surface area contributed by atoms with Gasteiger partial charge in [0, 0.05) is 5.88 Å². The van der Waals surface area contributed by atoms with Crippen molar-refractivity contribution in [1.82, 2.24) is 0 Å². The molecule has 0 atom stereocenters. The van der Waals surface area contributed by atoms with Gasteiger partial charge in [0.2, 0.25) is 0 Å². The minimum Gasteiger partial charge on any atom is -1.00 e. The van der Waals surface area contributed by atoms with E-state index in [0.29, 0.717) is 29.4 Å². The standard InChI is InChI=1S/C14H22O.C12H18O.C2H5Cl.CH4.Na.H/c1-6-15-14-12(10(2)3)8-7-9-13(14)11(4)5;1-8(2)10-6-5-7-11(9(3)4)12(10)13;1-2-3;;;/h7-11H,6H2,1-5H3;5-9,13H,1-4H3;2H2,1H3;1H4;;/q;;;;+1;-1. The summed E-state index contributed by atoms with van der Waals surface area (Å²) < 4.78 is 5.79. The van der Waals surface area contributed by atoms with E-state index in [1.165, 1.54) is 11.1 Å². The molecule has 33 heavy (non-hydrogen) atoms. The molecule has 0 saturated carbocycles. The number of phenolic OH excluding ortho intramolecular Hbond substituents is 1. The summed E-state index contributed by atoms with van der Waals surface area (Å²) in [6, 6.07) is 12.5. The molecule has 2 rings (SSSR count). The number of halogens is 1. The van der Waals surface area contributed by atoms with Crippen LogP contribution in [0.4, 0.5) is 0 Å². The van der Waals surface area contributed by atoms with E-state index >= 15 is 0 Å². The van der Waals surface area contributed by atoms with Gasteiger partial charge in [-0.2, -0.15) is 0 Å². The monoisotopic (exact) mass is 488 g/mol. The van der Waals surface area contributed by atoms with Crippen molar-refractivity contribution in [3.05, 3.63) is 58.7 Å². The Hall–Kier alpha value is -0.670. The maximum atomic E-state index is 9.93. The van der Waals surface area contributed by atoms with Gasteiger partial charge in [-0.05, 0) is 52.8 Å². The molecule has 0 aliphatic carbocycles. The van der Waals surface area contributed by atoms with Crippen LogP contribution in [0.1, 0.15) is 124 Å². The predicted molar refractivity (Wildman–Crippen MR) is 146 cm³/mol. The fourth-order valence-corrected chi connectivity index (χ4v) is 3.31. The summed E-state index contributed by atoms with van der Waals surface area (Å²) in [7, 11) is 0. The largest absolute Gasteiger partial charge is 1.00 e. The molecule has 1 N–H and O–H groups in total. The molecule has 2 aromatic carbocycles. The number of hydrogen-bond donors (Lipinski definition) is 1. The van der Waals surface area contributed by atoms with E-state index in [4.69, 9.17) is 16.3 Å². The molecule has 0 fully saturated rings. The Morgan fingerprint density at radius 3 is 1.24 bits per heavy atom. The second-order valence-electron chi connectivity index (χ2n) is 8.87. The van der Waals surface area contributed by atoms with E-state index in [-0.39, 0.29) is 38.4 Å². The number of rotatable bonds is 6. The van der Waals surface area contributed by atoms with Gasteiger partial charge < -0.3 is 11.3 Å². The van der Waals surface area contributed by atoms with Crippen LogP contribution in [0.2, 0.25) is 0 Å². The molecule has 0 amide bonds. The van der Waals surface area contributed by atoms with Crippen LogP contribution in [0.25, 0.3) is 0 Å². The normalized spacial score (nSPS) is 10.0. The third kappa shape index (κ3) is 12.6. The van der Waals surface area contributed by atoms with Crippen molar-refractivity contribution in [2.75, 3.05) is 12.5 Å². The number of benzene rings is 2. The number of aromatic hydroxyl groups is 1. The predicted octanol–water partition coefficient (Wildman–Crippen LogP) is 6.97. The zero-order valence-electron chi connectivity index (χ0n) is 23.4. The molecule has 0 unspecified atom stereocenters. The fraction of sp³-hybridized carbons (Fsp3) is 0.586. The van der Waals surface area contributed by atoms with Gasteiger partial charge in [-0.3, -0.25) is 0 Å². The number of para-hydroxylation sites is 2. The Kier molecular flexibility index (Phi) is 21.9. The Morgan fingerprint density at radius 2 is 1.00 bits per heavy atom. The van der Waals surface area contributed by atoms with E-state index in [1.54, 1.807) is 0 Å². The number of hydrogen-bond acceptors (Lipinski definition) is 2. The van der Waals surface area contributed by atoms with Crippen molar-refractivity contribution in [2.45, 2.75) is 100 Å². The zero-order valence-corrected chi connectivity index (χ0v) is 25.2. The molecular formula is C29H50ClNaO2. The van der Waals surface area contributed by atoms with E-state index < -0.39 is 0 Å². The first-order chi connectivity index (χ1) is 14.5. The van der Waals surface area contributed by atoms with Crippen LogP contribution in [0, 0.1) is 0 Å². The maximum absolute atomic E-state index is 9.93. The first kappa shape index (κ1) is 36.9. The second kappa shape index (κ2) is 19.6. The quantitative estimate of drug-likeness (QED) is 0.351. The van der Waals surface area contributed by atoms with Gasteiger partial charge in [0.1, 0.15) is 11.5 Å². The van der Waals surface area contributed by atoms with Crippen LogP contribution in [0.3, 0.4) is 0 Å². The Labute approximate surface area is 234 Å². The summed E-state index contributed by atoms with van der Waals surface area (Å²) in [6.45, 7) is 21.9. The average molecular weight is 489 g/mol. The van der Waals surface area contributed by atoms with Gasteiger partial charge in [0.25, 0.3) is 0 Å². The van der Waals surface area contributed by atoms with Gasteiger partial charge in [0.15, 0.2) is 0 Å². The summed E-state index contributed by atoms with van der Waals surface area (Å²) in [5, 5.41) is 9.93. The fourth-order valence-electron chi connectivity index (χ4n) is 3.31. The molecule has 0 bridgehead atoms. The van der Waals surface area contributed by atoms with Crippen LogP contribution >= 0.6 is 11.6 Å². The van der Waals surface area contributed by atoms with E-state index in [2.05, 4.69) is 73.6 Å². The summed E-state index contributed by atoms with van der Waals surface area (Å²) in [4.78, 5) is 0. The molecular weight excluding hydrogens is 439 g/mol. The molecule has 0 aliphatic rings. The molecule has 0 heterocycles. The van der Waals surface area contributed by atoms with Gasteiger partial charge >= 0.3 is 29.6 Å². The molecule has 4 heteroatoms. The average Bonchev–Trinajstić information content (AvgIpc) is 2.68. The molecule has 0 aliphatic heterocycles. The summed E-state index contributed by atoms with van der Waals surface area (Å²) in [5.41, 5.74) is 4.74. The van der Waals surface area contributed by atoms with Crippen molar-refractivity contribution >= 4 is 11.6 Å². The Bertz CT molecular complexity index is 709. The summed E-state index contributed by atoms with van der Waals surface area (Å²) in [5.74, 6) is 4.12. The van der Waals surface area contributed by atoms with Crippen molar-refractivity contribution in [3.63, 3.8) is 0 Å². The summed E-state index contributed by atoms with van der Waals surface area (Å²) in [6.07, 6.45) is 0. The zero-order chi connectivity index (χ0) is 24.1. The van der Waals surface area contributed by atoms with Crippen LogP contribution in [-0.4, -0.2) is 17.6 Å². The topological polar surface area (TPSA) is 29.5 Å². The van der Waals surface area contributed by atoms with Crippen LogP contribution in [-0.2, 0) is 0 Å². The molecule has 0 aromatic heterocycles. The summed E-state index contributed by atoms with van der Waals surface area (Å²) >= 11 is 5.00. The SMILES string of the molecule is C.CC(C)c1cccc(C(C)C)c1O.CCCl.CCOc1c(C(C)C)cccc1C(C)C.[H-].[Na+]. The van der Waals surface area contributed by atoms with Gasteiger partial charge in [0.05, 0.1) is 6.61 Å². The number of ether oxygens (including phenoxy) is 1. The first-order valence-electron chi connectivity index (χ1n) is 11.7. The molecule has 0 radical (unpaired) electrons. The van der Waals surface area contributed by atoms with Gasteiger partial charge in [-0.15, -0.1) is 11.6 Å². The van der Waals surface area contributed by atoms with Crippen molar-refractivity contribution in [3.8, 4) is 11.5 Å². The molecule has 186 valence electrons. The van der Waals surface area contributed by atoms with E-state index in [1.807, 2.05) is 32.0 Å². The van der Waals surface area contributed by atoms with Crippen LogP contribution < -0.4 is 34.3 Å². The molecule has 0 spiro atoms. The second-order valence-corrected chi connectivity index (χ2v) is 9.40. The van der Waals surface area contributed by atoms with Gasteiger partial charge in [-0.25, -0.2) is 0 Å². The van der Waals surface area contributed by atoms with Crippen molar-refractivity contribution < 1.29 is 40.8 Å². The minimum absolute atomic E-state index is 0. The minimum atomic E-state index is 0. The van der Waals surface area contributed by atoms with E-state index in [9.17, 15) is 5.11 Å². The van der Waals surface area contributed by atoms with Gasteiger partial charge in [-0.1, -0.05) is 106 Å². The Balaban J connectivity index is -0.000000221. The molecule has 2 aromatic rings. The third-order valence-electron chi connectivity index (χ3n) is 4.95. The maximum Gasteiger partial charge on any atom is 1.00 e. The third-order valence-corrected chi connectivity index (χ3v) is 4.95. The van der Waals surface area contributed by atoms with E-state index in [0.717, 1.165) is 29.4 Å². The number of phenols is 1. The van der Waals surface area contributed by atoms with Crippen molar-refractivity contribution in [2.24, 2.45) is 0 Å². The Morgan fingerprint density at radius 1 is 0.727 bits per heavy atom. The first-order valence-corrected chi connectivity index (χ1v) is 12.2. The van der Waals surface area contributed by atoms with Crippen LogP contribution in [0.5, 0.6) is 11.5 Å². The van der Waals surface area contributed by atoms with Crippen molar-refractivity contribution in [1.29, 1.82) is 0 Å². The smallest absolute Gasteiger partial charge is 1.00 e. The van der Waals surface area contributed by atoms with Crippen LogP contribution in [0.15, 0.2) is 36.4 Å². The molecule has 2 nitrogen and oxygen atoms in total. The number of alkyl halides is 1. The molecule has 0 saturated heterocycles.